The zero-order valence-corrected chi connectivity index (χ0v) is 19.1. The van der Waals surface area contributed by atoms with Crippen molar-refractivity contribution in [1.29, 1.82) is 0 Å². The molecule has 168 valence electrons. The maximum absolute atomic E-state index is 13.0. The minimum absolute atomic E-state index is 0.0216. The van der Waals surface area contributed by atoms with Crippen LogP contribution in [-0.2, 0) is 16.1 Å². The molecule has 1 fully saturated rings. The van der Waals surface area contributed by atoms with Gasteiger partial charge in [0.2, 0.25) is 11.8 Å². The third kappa shape index (κ3) is 4.72. The largest absolute Gasteiger partial charge is 0.352 e. The van der Waals surface area contributed by atoms with Crippen molar-refractivity contribution >= 4 is 22.7 Å². The third-order valence-corrected chi connectivity index (χ3v) is 6.69. The van der Waals surface area contributed by atoms with E-state index in [-0.39, 0.29) is 30.3 Å². The smallest absolute Gasteiger partial charge is 0.240 e. The van der Waals surface area contributed by atoms with E-state index in [2.05, 4.69) is 54.1 Å². The minimum atomic E-state index is 0.0216. The molecule has 3 aromatic rings. The highest BCUT2D eigenvalue weighted by atomic mass is 16.2. The van der Waals surface area contributed by atoms with E-state index >= 15 is 0 Å². The van der Waals surface area contributed by atoms with Gasteiger partial charge in [0.1, 0.15) is 6.54 Å². The number of likely N-dealkylation sites (tertiary alicyclic amines) is 1. The Balaban J connectivity index is 1.43. The van der Waals surface area contributed by atoms with E-state index in [1.165, 1.54) is 0 Å². The molecule has 1 aliphatic rings. The van der Waals surface area contributed by atoms with Gasteiger partial charge in [0.05, 0.1) is 0 Å². The van der Waals surface area contributed by atoms with Crippen LogP contribution in [0.5, 0.6) is 0 Å². The van der Waals surface area contributed by atoms with Crippen LogP contribution < -0.4 is 5.32 Å². The van der Waals surface area contributed by atoms with Crippen LogP contribution in [0, 0.1) is 5.92 Å². The molecule has 5 nitrogen and oxygen atoms in total. The molecule has 0 spiro atoms. The van der Waals surface area contributed by atoms with Crippen molar-refractivity contribution in [3.05, 3.63) is 60.7 Å². The Morgan fingerprint density at radius 1 is 0.969 bits per heavy atom. The predicted octanol–water partition coefficient (Wildman–Crippen LogP) is 4.85. The molecule has 2 amide bonds. The number of benzene rings is 2. The molecule has 32 heavy (non-hydrogen) atoms. The molecule has 1 aliphatic heterocycles. The van der Waals surface area contributed by atoms with Gasteiger partial charge in [-0.15, -0.1) is 0 Å². The fourth-order valence-electron chi connectivity index (χ4n) is 4.79. The molecule has 5 heteroatoms. The highest BCUT2D eigenvalue weighted by Crippen LogP contribution is 2.28. The first-order valence-corrected chi connectivity index (χ1v) is 11.8. The average molecular weight is 432 g/mol. The zero-order chi connectivity index (χ0) is 22.5. The van der Waals surface area contributed by atoms with Crippen molar-refractivity contribution in [2.45, 2.75) is 52.1 Å². The zero-order valence-electron chi connectivity index (χ0n) is 19.1. The topological polar surface area (TPSA) is 54.3 Å². The molecule has 4 rings (SSSR count). The molecule has 2 aromatic carbocycles. The third-order valence-electron chi connectivity index (χ3n) is 6.69. The van der Waals surface area contributed by atoms with Gasteiger partial charge in [-0.05, 0) is 43.4 Å². The number of fused-ring (bicyclic) bond motifs is 1. The summed E-state index contributed by atoms with van der Waals surface area (Å²) in [6, 6.07) is 20.7. The van der Waals surface area contributed by atoms with Gasteiger partial charge in [0, 0.05) is 41.6 Å². The number of hydrogen-bond acceptors (Lipinski definition) is 2. The van der Waals surface area contributed by atoms with Crippen LogP contribution in [0.3, 0.4) is 0 Å². The first-order chi connectivity index (χ1) is 15.6. The number of nitrogens with zero attached hydrogens (tertiary/aromatic N) is 2. The van der Waals surface area contributed by atoms with Crippen molar-refractivity contribution in [2.75, 3.05) is 13.1 Å². The molecular formula is C27H33N3O2. The number of rotatable bonds is 7. The summed E-state index contributed by atoms with van der Waals surface area (Å²) >= 11 is 0. The van der Waals surface area contributed by atoms with Crippen molar-refractivity contribution in [1.82, 2.24) is 14.8 Å². The summed E-state index contributed by atoms with van der Waals surface area (Å²) in [5.41, 5.74) is 3.21. The number of para-hydroxylation sites is 1. The van der Waals surface area contributed by atoms with E-state index in [0.29, 0.717) is 0 Å². The normalized spacial score (nSPS) is 14.8. The number of hydrogen-bond donors (Lipinski definition) is 1. The lowest BCUT2D eigenvalue weighted by atomic mass is 9.98. The molecule has 0 radical (unpaired) electrons. The van der Waals surface area contributed by atoms with Crippen LogP contribution in [0.4, 0.5) is 0 Å². The number of piperidine rings is 1. The maximum atomic E-state index is 13.0. The van der Waals surface area contributed by atoms with Crippen LogP contribution in [0.25, 0.3) is 22.2 Å². The summed E-state index contributed by atoms with van der Waals surface area (Å²) in [4.78, 5) is 27.6. The summed E-state index contributed by atoms with van der Waals surface area (Å²) in [6.45, 7) is 5.88. The second-order valence-electron chi connectivity index (χ2n) is 8.72. The second kappa shape index (κ2) is 10.0. The van der Waals surface area contributed by atoms with Crippen molar-refractivity contribution < 1.29 is 9.59 Å². The first kappa shape index (κ1) is 22.1. The van der Waals surface area contributed by atoms with Gasteiger partial charge < -0.3 is 14.8 Å². The fourth-order valence-corrected chi connectivity index (χ4v) is 4.79. The molecule has 0 atom stereocenters. The maximum Gasteiger partial charge on any atom is 0.240 e. The predicted molar refractivity (Wildman–Crippen MR) is 129 cm³/mol. The van der Waals surface area contributed by atoms with E-state index < -0.39 is 0 Å². The van der Waals surface area contributed by atoms with Crippen LogP contribution in [0.15, 0.2) is 60.7 Å². The molecule has 2 heterocycles. The molecule has 0 bridgehead atoms. The summed E-state index contributed by atoms with van der Waals surface area (Å²) in [6.07, 6.45) is 3.41. The van der Waals surface area contributed by atoms with E-state index in [4.69, 9.17) is 0 Å². The number of nitrogens with one attached hydrogen (secondary N) is 1. The Bertz CT molecular complexity index is 1060. The Labute approximate surface area is 190 Å². The fraction of sp³-hybridized carbons (Fsp3) is 0.407. The SMILES string of the molecule is CCC(CC)C(=O)N1CCC(NC(=O)Cn2c(-c3ccccc3)cc3ccccc32)CC1. The molecule has 0 saturated carbocycles. The minimum Gasteiger partial charge on any atom is -0.352 e. The van der Waals surface area contributed by atoms with Gasteiger partial charge in [0.25, 0.3) is 0 Å². The molecule has 1 saturated heterocycles. The Morgan fingerprint density at radius 3 is 2.31 bits per heavy atom. The number of aromatic nitrogens is 1. The first-order valence-electron chi connectivity index (χ1n) is 11.8. The van der Waals surface area contributed by atoms with Crippen LogP contribution in [0.2, 0.25) is 0 Å². The molecule has 0 aliphatic carbocycles. The van der Waals surface area contributed by atoms with Gasteiger partial charge in [-0.3, -0.25) is 9.59 Å². The second-order valence-corrected chi connectivity index (χ2v) is 8.72. The van der Waals surface area contributed by atoms with Gasteiger partial charge in [-0.1, -0.05) is 62.4 Å². The summed E-state index contributed by atoms with van der Waals surface area (Å²) in [7, 11) is 0. The standard InChI is InChI=1S/C27H33N3O2/c1-3-20(4-2)27(32)29-16-14-23(15-17-29)28-26(31)19-30-24-13-9-8-12-22(24)18-25(30)21-10-6-5-7-11-21/h5-13,18,20,23H,3-4,14-17,19H2,1-2H3,(H,28,31). The number of amides is 2. The van der Waals surface area contributed by atoms with E-state index in [1.54, 1.807) is 0 Å². The van der Waals surface area contributed by atoms with E-state index in [0.717, 1.165) is 60.9 Å². The highest BCUT2D eigenvalue weighted by molar-refractivity contribution is 5.89. The van der Waals surface area contributed by atoms with E-state index in [9.17, 15) is 9.59 Å². The number of carbonyl (C=O) groups is 2. The number of carbonyl (C=O) groups excluding carboxylic acids is 2. The molecular weight excluding hydrogens is 398 g/mol. The van der Waals surface area contributed by atoms with Crippen molar-refractivity contribution in [3.63, 3.8) is 0 Å². The van der Waals surface area contributed by atoms with Gasteiger partial charge in [-0.2, -0.15) is 0 Å². The Kier molecular flexibility index (Phi) is 6.93. The lowest BCUT2D eigenvalue weighted by molar-refractivity contribution is -0.137. The van der Waals surface area contributed by atoms with Crippen molar-refractivity contribution in [2.24, 2.45) is 5.92 Å². The summed E-state index contributed by atoms with van der Waals surface area (Å²) in [5.74, 6) is 0.416. The van der Waals surface area contributed by atoms with Crippen LogP contribution in [0.1, 0.15) is 39.5 Å². The monoisotopic (exact) mass is 431 g/mol. The van der Waals surface area contributed by atoms with Gasteiger partial charge in [0.15, 0.2) is 0 Å². The molecule has 0 unspecified atom stereocenters. The summed E-state index contributed by atoms with van der Waals surface area (Å²) < 4.78 is 2.10. The molecule has 1 N–H and O–H groups in total. The lowest BCUT2D eigenvalue weighted by Gasteiger charge is -2.34. The average Bonchev–Trinajstić information content (AvgIpc) is 3.19. The van der Waals surface area contributed by atoms with Crippen LogP contribution in [-0.4, -0.2) is 40.4 Å². The lowest BCUT2D eigenvalue weighted by Crippen LogP contribution is -2.48. The molecule has 1 aromatic heterocycles. The Morgan fingerprint density at radius 2 is 1.62 bits per heavy atom. The Hall–Kier alpha value is -3.08. The van der Waals surface area contributed by atoms with Crippen LogP contribution >= 0.6 is 0 Å². The van der Waals surface area contributed by atoms with Gasteiger partial charge >= 0.3 is 0 Å². The quantitative estimate of drug-likeness (QED) is 0.581. The van der Waals surface area contributed by atoms with E-state index in [1.807, 2.05) is 35.2 Å². The van der Waals surface area contributed by atoms with Crippen molar-refractivity contribution in [3.8, 4) is 11.3 Å². The highest BCUT2D eigenvalue weighted by Gasteiger charge is 2.27. The summed E-state index contributed by atoms with van der Waals surface area (Å²) in [5, 5.41) is 4.35. The van der Waals surface area contributed by atoms with Gasteiger partial charge in [-0.25, -0.2) is 0 Å².